The van der Waals surface area contributed by atoms with Gasteiger partial charge in [-0.05, 0) is 32.9 Å². The molecule has 0 atom stereocenters. The van der Waals surface area contributed by atoms with Gasteiger partial charge in [0, 0.05) is 23.3 Å². The Hall–Kier alpha value is -1.95. The molecule has 21 heavy (non-hydrogen) atoms. The second-order valence-corrected chi connectivity index (χ2v) is 6.17. The molecule has 0 aliphatic carbocycles. The Morgan fingerprint density at radius 2 is 1.86 bits per heavy atom. The first-order valence-corrected chi connectivity index (χ1v) is 6.86. The predicted molar refractivity (Wildman–Crippen MR) is 78.4 cm³/mol. The highest BCUT2D eigenvalue weighted by atomic mass is 19.1. The minimum Gasteiger partial charge on any atom is -0.353 e. The highest BCUT2D eigenvalue weighted by Gasteiger charge is 2.25. The molecule has 0 unspecified atom stereocenters. The van der Waals surface area contributed by atoms with Gasteiger partial charge in [-0.25, -0.2) is 4.39 Å². The van der Waals surface area contributed by atoms with Crippen molar-refractivity contribution in [1.82, 2.24) is 10.6 Å². The summed E-state index contributed by atoms with van der Waals surface area (Å²) >= 11 is 0. The third-order valence-electron chi connectivity index (χ3n) is 3.18. The summed E-state index contributed by atoms with van der Waals surface area (Å²) in [5, 5.41) is 5.47. The Morgan fingerprint density at radius 3 is 2.43 bits per heavy atom. The maximum absolute atomic E-state index is 14.1. The van der Waals surface area contributed by atoms with E-state index in [1.54, 1.807) is 17.0 Å². The van der Waals surface area contributed by atoms with Crippen molar-refractivity contribution in [1.29, 1.82) is 0 Å². The van der Waals surface area contributed by atoms with Crippen LogP contribution in [-0.4, -0.2) is 30.4 Å². The molecule has 0 radical (unpaired) electrons. The molecule has 1 aromatic rings. The van der Waals surface area contributed by atoms with Crippen LogP contribution in [0, 0.1) is 5.82 Å². The van der Waals surface area contributed by atoms with E-state index >= 15 is 0 Å². The van der Waals surface area contributed by atoms with Crippen LogP contribution in [-0.2, 0) is 16.1 Å². The summed E-state index contributed by atoms with van der Waals surface area (Å²) in [5.74, 6) is -1.09. The number of rotatable bonds is 3. The van der Waals surface area contributed by atoms with Crippen LogP contribution in [0.3, 0.4) is 0 Å². The van der Waals surface area contributed by atoms with Crippen LogP contribution in [0.15, 0.2) is 18.2 Å². The van der Waals surface area contributed by atoms with Gasteiger partial charge in [0.25, 0.3) is 0 Å². The Bertz CT molecular complexity index is 551. The third-order valence-corrected chi connectivity index (χ3v) is 3.18. The van der Waals surface area contributed by atoms with Crippen molar-refractivity contribution in [3.05, 3.63) is 29.6 Å². The maximum Gasteiger partial charge on any atom is 0.246 e. The number of hydrogen-bond acceptors (Lipinski definition) is 4. The quantitative estimate of drug-likeness (QED) is 0.822. The molecule has 5 nitrogen and oxygen atoms in total. The second kappa shape index (κ2) is 5.81. The molecule has 1 aromatic carbocycles. The van der Waals surface area contributed by atoms with Crippen molar-refractivity contribution in [3.8, 4) is 0 Å². The van der Waals surface area contributed by atoms with Gasteiger partial charge in [-0.2, -0.15) is 0 Å². The number of nitrogens with zero attached hydrogens (tertiary/aromatic N) is 1. The fraction of sp³-hybridized carbons (Fsp3) is 0.467. The topological polar surface area (TPSA) is 61.4 Å². The van der Waals surface area contributed by atoms with Crippen LogP contribution < -0.4 is 15.5 Å². The molecule has 1 heterocycles. The molecule has 1 aliphatic heterocycles. The van der Waals surface area contributed by atoms with Crippen LogP contribution >= 0.6 is 0 Å². The molecule has 0 bridgehead atoms. The fourth-order valence-electron chi connectivity index (χ4n) is 2.18. The summed E-state index contributed by atoms with van der Waals surface area (Å²) in [5.41, 5.74) is 0.888. The van der Waals surface area contributed by atoms with Gasteiger partial charge >= 0.3 is 0 Å². The van der Waals surface area contributed by atoms with Crippen LogP contribution in [0.5, 0.6) is 0 Å². The van der Waals surface area contributed by atoms with Crippen LogP contribution in [0.2, 0.25) is 0 Å². The van der Waals surface area contributed by atoms with Gasteiger partial charge in [0.1, 0.15) is 5.82 Å². The number of nitrogens with one attached hydrogen (secondary N) is 2. The lowest BCUT2D eigenvalue weighted by atomic mass is 10.1. The largest absolute Gasteiger partial charge is 0.353 e. The zero-order valence-electron chi connectivity index (χ0n) is 12.5. The number of carbonyl (C=O) groups excluding carboxylic acids is 2. The van der Waals surface area contributed by atoms with Gasteiger partial charge in [-0.3, -0.25) is 14.9 Å². The highest BCUT2D eigenvalue weighted by Crippen LogP contribution is 2.24. The van der Waals surface area contributed by atoms with E-state index in [-0.39, 0.29) is 36.3 Å². The number of hydrogen-bond donors (Lipinski definition) is 2. The molecule has 6 heteroatoms. The van der Waals surface area contributed by atoms with E-state index < -0.39 is 0 Å². The summed E-state index contributed by atoms with van der Waals surface area (Å²) in [6, 6.07) is 4.70. The van der Waals surface area contributed by atoms with Crippen molar-refractivity contribution in [2.75, 3.05) is 18.0 Å². The van der Waals surface area contributed by atoms with Crippen molar-refractivity contribution in [3.63, 3.8) is 0 Å². The molecule has 2 rings (SSSR count). The molecular formula is C15H20FN3O2. The smallest absolute Gasteiger partial charge is 0.246 e. The summed E-state index contributed by atoms with van der Waals surface area (Å²) in [6.07, 6.45) is 0. The predicted octanol–water partition coefficient (Wildman–Crippen LogP) is 1.18. The maximum atomic E-state index is 14.1. The highest BCUT2D eigenvalue weighted by molar-refractivity contribution is 6.02. The molecule has 1 saturated heterocycles. The first-order valence-electron chi connectivity index (χ1n) is 6.86. The molecule has 0 aromatic heterocycles. The lowest BCUT2D eigenvalue weighted by Gasteiger charge is -2.30. The molecule has 114 valence electrons. The number of halogens is 1. The number of benzene rings is 1. The lowest BCUT2D eigenvalue weighted by Crippen LogP contribution is -2.52. The average molecular weight is 293 g/mol. The van der Waals surface area contributed by atoms with E-state index in [1.807, 2.05) is 20.8 Å². The molecule has 1 aliphatic rings. The molecule has 0 saturated carbocycles. The first kappa shape index (κ1) is 15.4. The third kappa shape index (κ3) is 4.01. The van der Waals surface area contributed by atoms with E-state index in [4.69, 9.17) is 0 Å². The molecule has 2 amide bonds. The van der Waals surface area contributed by atoms with Crippen LogP contribution in [0.1, 0.15) is 26.3 Å². The monoisotopic (exact) mass is 293 g/mol. The number of anilines is 1. The summed E-state index contributed by atoms with van der Waals surface area (Å²) in [6.45, 7) is 6.41. The summed E-state index contributed by atoms with van der Waals surface area (Å²) in [7, 11) is 0. The van der Waals surface area contributed by atoms with Crippen LogP contribution in [0.25, 0.3) is 0 Å². The van der Waals surface area contributed by atoms with Gasteiger partial charge in [-0.15, -0.1) is 0 Å². The van der Waals surface area contributed by atoms with Gasteiger partial charge in [0.2, 0.25) is 11.8 Å². The Kier molecular flexibility index (Phi) is 4.27. The summed E-state index contributed by atoms with van der Waals surface area (Å²) in [4.78, 5) is 24.6. The Labute approximate surface area is 123 Å². The fourth-order valence-corrected chi connectivity index (χ4v) is 2.18. The van der Waals surface area contributed by atoms with E-state index in [1.165, 1.54) is 6.07 Å². The molecule has 0 spiro atoms. The second-order valence-electron chi connectivity index (χ2n) is 6.17. The molecular weight excluding hydrogens is 273 g/mol. The zero-order chi connectivity index (χ0) is 15.6. The van der Waals surface area contributed by atoms with E-state index in [0.717, 1.165) is 0 Å². The minimum absolute atomic E-state index is 0.0533. The van der Waals surface area contributed by atoms with Crippen LogP contribution in [0.4, 0.5) is 10.1 Å². The first-order chi connectivity index (χ1) is 9.76. The summed E-state index contributed by atoms with van der Waals surface area (Å²) < 4.78 is 14.1. The van der Waals surface area contributed by atoms with Gasteiger partial charge in [0.05, 0.1) is 13.1 Å². The van der Waals surface area contributed by atoms with E-state index in [9.17, 15) is 14.0 Å². The van der Waals surface area contributed by atoms with Crippen molar-refractivity contribution in [2.24, 2.45) is 0 Å². The zero-order valence-corrected chi connectivity index (χ0v) is 12.5. The Morgan fingerprint density at radius 1 is 1.24 bits per heavy atom. The molecule has 2 N–H and O–H groups in total. The number of piperazine rings is 1. The lowest BCUT2D eigenvalue weighted by molar-refractivity contribution is -0.130. The van der Waals surface area contributed by atoms with Gasteiger partial charge in [-0.1, -0.05) is 6.07 Å². The average Bonchev–Trinajstić information content (AvgIpc) is 2.34. The Balaban J connectivity index is 2.28. The number of imide groups is 1. The SMILES string of the molecule is CC(C)(C)NCc1c(F)cccc1N1CC(=O)NC(=O)C1. The standard InChI is InChI=1S/C15H20FN3O2/c1-15(2,3)17-7-10-11(16)5-4-6-12(10)19-8-13(20)18-14(21)9-19/h4-6,17H,7-9H2,1-3H3,(H,18,20,21). The molecule has 1 fully saturated rings. The number of amides is 2. The van der Waals surface area contributed by atoms with E-state index in [2.05, 4.69) is 10.6 Å². The van der Waals surface area contributed by atoms with E-state index in [0.29, 0.717) is 17.8 Å². The van der Waals surface area contributed by atoms with Crippen molar-refractivity contribution < 1.29 is 14.0 Å². The van der Waals surface area contributed by atoms with Gasteiger partial charge < -0.3 is 10.2 Å². The normalized spacial score (nSPS) is 16.1. The van der Waals surface area contributed by atoms with Gasteiger partial charge in [0.15, 0.2) is 0 Å². The minimum atomic E-state index is -0.370. The number of carbonyl (C=O) groups is 2. The van der Waals surface area contributed by atoms with Crippen molar-refractivity contribution in [2.45, 2.75) is 32.9 Å². The van der Waals surface area contributed by atoms with Crippen molar-refractivity contribution >= 4 is 17.5 Å².